The monoisotopic (exact) mass is 401 g/mol. The summed E-state index contributed by atoms with van der Waals surface area (Å²) in [6.45, 7) is 1.91. The summed E-state index contributed by atoms with van der Waals surface area (Å²) >= 11 is 0. The highest BCUT2D eigenvalue weighted by Crippen LogP contribution is 2.50. The Balaban J connectivity index is 1.24. The summed E-state index contributed by atoms with van der Waals surface area (Å²) < 4.78 is 0. The van der Waals surface area contributed by atoms with Gasteiger partial charge in [0.1, 0.15) is 0 Å². The molecule has 0 radical (unpaired) electrons. The van der Waals surface area contributed by atoms with Crippen molar-refractivity contribution in [2.24, 2.45) is 23.7 Å². The van der Waals surface area contributed by atoms with Crippen LogP contribution in [0.2, 0.25) is 0 Å². The fourth-order valence-electron chi connectivity index (χ4n) is 6.32. The van der Waals surface area contributed by atoms with E-state index in [9.17, 15) is 15.0 Å². The number of unbranched alkanes of at least 4 members (excludes halogenated alkanes) is 1. The second-order valence-corrected chi connectivity index (χ2v) is 9.98. The number of amides is 1. The smallest absolute Gasteiger partial charge is 0.222 e. The number of nitrogens with zero attached hydrogens (tertiary/aromatic N) is 1. The summed E-state index contributed by atoms with van der Waals surface area (Å²) in [5.74, 6) is 2.05. The lowest BCUT2D eigenvalue weighted by atomic mass is 9.89. The van der Waals surface area contributed by atoms with Gasteiger partial charge in [-0.1, -0.05) is 36.6 Å². The van der Waals surface area contributed by atoms with Crippen LogP contribution in [-0.4, -0.2) is 46.3 Å². The molecule has 4 nitrogen and oxygen atoms in total. The lowest BCUT2D eigenvalue weighted by molar-refractivity contribution is -0.130. The third kappa shape index (κ3) is 5.14. The maximum absolute atomic E-state index is 12.2. The van der Waals surface area contributed by atoms with Crippen molar-refractivity contribution in [2.75, 3.05) is 13.1 Å². The minimum atomic E-state index is -0.340. The van der Waals surface area contributed by atoms with E-state index in [1.54, 1.807) is 0 Å². The zero-order chi connectivity index (χ0) is 20.2. The first-order valence-corrected chi connectivity index (χ1v) is 12.1. The molecule has 1 heterocycles. The van der Waals surface area contributed by atoms with E-state index in [0.717, 1.165) is 70.9 Å². The lowest BCUT2D eigenvalue weighted by Crippen LogP contribution is -2.27. The number of carbonyl (C=O) groups is 1. The van der Waals surface area contributed by atoms with E-state index in [2.05, 4.69) is 12.2 Å². The highest BCUT2D eigenvalue weighted by atomic mass is 16.3. The van der Waals surface area contributed by atoms with Crippen LogP contribution in [0, 0.1) is 23.7 Å². The van der Waals surface area contributed by atoms with E-state index in [1.807, 2.05) is 11.0 Å². The van der Waals surface area contributed by atoms with E-state index in [1.165, 1.54) is 18.4 Å². The number of fused-ring (bicyclic) bond motifs is 1. The van der Waals surface area contributed by atoms with Crippen LogP contribution in [0.5, 0.6) is 0 Å². The Morgan fingerprint density at radius 2 is 1.90 bits per heavy atom. The Labute approximate surface area is 176 Å². The highest BCUT2D eigenvalue weighted by Gasteiger charge is 2.45. The van der Waals surface area contributed by atoms with Crippen LogP contribution in [0.15, 0.2) is 23.8 Å². The van der Waals surface area contributed by atoms with Gasteiger partial charge in [-0.25, -0.2) is 0 Å². The summed E-state index contributed by atoms with van der Waals surface area (Å²) in [7, 11) is 0. The van der Waals surface area contributed by atoms with Crippen LogP contribution in [0.25, 0.3) is 0 Å². The van der Waals surface area contributed by atoms with E-state index >= 15 is 0 Å². The van der Waals surface area contributed by atoms with E-state index in [-0.39, 0.29) is 18.1 Å². The average molecular weight is 402 g/mol. The Morgan fingerprint density at radius 3 is 2.66 bits per heavy atom. The van der Waals surface area contributed by atoms with Crippen LogP contribution in [-0.2, 0) is 4.79 Å². The van der Waals surface area contributed by atoms with Crippen molar-refractivity contribution in [1.82, 2.24) is 4.90 Å². The zero-order valence-electron chi connectivity index (χ0n) is 17.8. The number of aliphatic hydroxyl groups is 2. The van der Waals surface area contributed by atoms with E-state index in [0.29, 0.717) is 30.1 Å². The van der Waals surface area contributed by atoms with Crippen molar-refractivity contribution in [3.8, 4) is 0 Å². The molecule has 1 saturated heterocycles. The Bertz CT molecular complexity index is 616. The molecule has 2 N–H and O–H groups in total. The molecular weight excluding hydrogens is 362 g/mol. The number of aliphatic hydroxyl groups excluding tert-OH is 2. The first-order valence-electron chi connectivity index (χ1n) is 12.1. The fourth-order valence-corrected chi connectivity index (χ4v) is 6.32. The van der Waals surface area contributed by atoms with Crippen molar-refractivity contribution in [3.63, 3.8) is 0 Å². The lowest BCUT2D eigenvalue weighted by Gasteiger charge is -2.19. The van der Waals surface area contributed by atoms with Gasteiger partial charge < -0.3 is 15.1 Å². The predicted octanol–water partition coefficient (Wildman–Crippen LogP) is 4.22. The molecule has 3 aliphatic carbocycles. The van der Waals surface area contributed by atoms with Gasteiger partial charge in [0, 0.05) is 25.4 Å². The van der Waals surface area contributed by atoms with E-state index in [4.69, 9.17) is 0 Å². The topological polar surface area (TPSA) is 60.8 Å². The van der Waals surface area contributed by atoms with Gasteiger partial charge in [-0.15, -0.1) is 0 Å². The van der Waals surface area contributed by atoms with Crippen LogP contribution < -0.4 is 0 Å². The van der Waals surface area contributed by atoms with Gasteiger partial charge in [-0.05, 0) is 75.5 Å². The van der Waals surface area contributed by atoms with Crippen molar-refractivity contribution in [3.05, 3.63) is 23.8 Å². The van der Waals surface area contributed by atoms with Crippen molar-refractivity contribution >= 4 is 5.91 Å². The maximum Gasteiger partial charge on any atom is 0.222 e. The molecule has 29 heavy (non-hydrogen) atoms. The molecule has 4 heteroatoms. The summed E-state index contributed by atoms with van der Waals surface area (Å²) in [4.78, 5) is 14.2. The standard InChI is InChI=1S/C25H39NO3/c27-23(19-8-2-3-9-19)12-11-21-22-16-18(15-20(22)17-24(21)28)7-1-4-10-25(29)26-13-5-6-14-26/h7,11-12,19-24,27-28H,1-6,8-10,13-17H2/b12-11+,18-7+/t20-,21+,22-,23+,24+/m0/s1. The summed E-state index contributed by atoms with van der Waals surface area (Å²) in [5.41, 5.74) is 1.52. The number of hydrogen-bond donors (Lipinski definition) is 2. The van der Waals surface area contributed by atoms with Gasteiger partial charge in [-0.3, -0.25) is 4.79 Å². The van der Waals surface area contributed by atoms with E-state index < -0.39 is 0 Å². The first kappa shape index (κ1) is 21.1. The van der Waals surface area contributed by atoms with Crippen LogP contribution in [0.3, 0.4) is 0 Å². The molecular formula is C25H39NO3. The highest BCUT2D eigenvalue weighted by molar-refractivity contribution is 5.76. The van der Waals surface area contributed by atoms with Crippen LogP contribution in [0.1, 0.15) is 77.0 Å². The number of likely N-dealkylation sites (tertiary alicyclic amines) is 1. The van der Waals surface area contributed by atoms with Gasteiger partial charge in [0.2, 0.25) is 5.91 Å². The largest absolute Gasteiger partial charge is 0.392 e. The molecule has 0 spiro atoms. The Morgan fingerprint density at radius 1 is 1.14 bits per heavy atom. The number of allylic oxidation sites excluding steroid dienone is 2. The first-order chi connectivity index (χ1) is 14.1. The number of hydrogen-bond acceptors (Lipinski definition) is 3. The number of rotatable bonds is 7. The second kappa shape index (κ2) is 9.78. The molecule has 3 saturated carbocycles. The Hall–Kier alpha value is -1.13. The zero-order valence-corrected chi connectivity index (χ0v) is 17.8. The Kier molecular flexibility index (Phi) is 7.12. The minimum Gasteiger partial charge on any atom is -0.392 e. The summed E-state index contributed by atoms with van der Waals surface area (Å²) in [6, 6.07) is 0. The predicted molar refractivity (Wildman–Crippen MR) is 115 cm³/mol. The van der Waals surface area contributed by atoms with Crippen molar-refractivity contribution in [1.29, 1.82) is 0 Å². The van der Waals surface area contributed by atoms with Crippen molar-refractivity contribution < 1.29 is 15.0 Å². The molecule has 0 aromatic rings. The van der Waals surface area contributed by atoms with Gasteiger partial charge in [0.15, 0.2) is 0 Å². The molecule has 4 rings (SSSR count). The average Bonchev–Trinajstić information content (AvgIpc) is 3.49. The normalized spacial score (nSPS) is 35.2. The van der Waals surface area contributed by atoms with Crippen LogP contribution in [0.4, 0.5) is 0 Å². The summed E-state index contributed by atoms with van der Waals surface area (Å²) in [5, 5.41) is 21.0. The number of carbonyl (C=O) groups excluding carboxylic acids is 1. The molecule has 1 aliphatic heterocycles. The molecule has 4 fully saturated rings. The SMILES string of the molecule is O=C(CCC/C=C1\C[C@H]2C[C@@H](O)[C@H](/C=C/[C@@H](O)C3CCCC3)[C@H]2C1)N1CCCC1. The quantitative estimate of drug-likeness (QED) is 0.496. The fraction of sp³-hybridized carbons (Fsp3) is 0.800. The molecule has 0 bridgehead atoms. The van der Waals surface area contributed by atoms with Gasteiger partial charge in [0.25, 0.3) is 0 Å². The minimum absolute atomic E-state index is 0.193. The molecule has 162 valence electrons. The summed E-state index contributed by atoms with van der Waals surface area (Å²) in [6.07, 6.45) is 18.7. The third-order valence-corrected chi connectivity index (χ3v) is 8.01. The van der Waals surface area contributed by atoms with Crippen molar-refractivity contribution in [2.45, 2.75) is 89.3 Å². The molecule has 4 aliphatic rings. The van der Waals surface area contributed by atoms with Gasteiger partial charge in [-0.2, -0.15) is 0 Å². The third-order valence-electron chi connectivity index (χ3n) is 8.01. The molecule has 1 amide bonds. The van der Waals surface area contributed by atoms with Gasteiger partial charge in [0.05, 0.1) is 12.2 Å². The molecule has 0 aromatic carbocycles. The molecule has 0 aromatic heterocycles. The second-order valence-electron chi connectivity index (χ2n) is 9.98. The molecule has 0 unspecified atom stereocenters. The van der Waals surface area contributed by atoms with Crippen LogP contribution >= 0.6 is 0 Å². The molecule has 5 atom stereocenters. The van der Waals surface area contributed by atoms with Gasteiger partial charge >= 0.3 is 0 Å². The maximum atomic E-state index is 12.2.